The van der Waals surface area contributed by atoms with Crippen molar-refractivity contribution < 1.29 is 18.3 Å². The number of amides is 1. The molecule has 12 heteroatoms. The van der Waals surface area contributed by atoms with E-state index in [1.807, 2.05) is 0 Å². The maximum absolute atomic E-state index is 12.9. The van der Waals surface area contributed by atoms with Gasteiger partial charge in [0, 0.05) is 17.3 Å². The second-order valence-electron chi connectivity index (χ2n) is 5.86. The molecular formula is C17H14Br2ClN3O4S2. The summed E-state index contributed by atoms with van der Waals surface area (Å²) >= 11 is 13.5. The summed E-state index contributed by atoms with van der Waals surface area (Å²) in [6, 6.07) is 9.05. The molecule has 154 valence electrons. The number of hydrogen-bond acceptors (Lipinski definition) is 6. The van der Waals surface area contributed by atoms with Gasteiger partial charge in [0.25, 0.3) is 5.91 Å². The van der Waals surface area contributed by atoms with Gasteiger partial charge in [0.05, 0.1) is 20.1 Å². The van der Waals surface area contributed by atoms with Gasteiger partial charge in [-0.1, -0.05) is 11.6 Å². The van der Waals surface area contributed by atoms with Crippen LogP contribution in [0.15, 0.2) is 55.3 Å². The van der Waals surface area contributed by atoms with E-state index >= 15 is 0 Å². The molecular weight excluding hydrogens is 570 g/mol. The molecule has 2 aromatic rings. The Hall–Kier alpha value is -1.11. The zero-order chi connectivity index (χ0) is 21.2. The lowest BCUT2D eigenvalue weighted by atomic mass is 10.2. The summed E-state index contributed by atoms with van der Waals surface area (Å²) in [4.78, 5) is 12.6. The number of sulfonamides is 1. The smallest absolute Gasteiger partial charge is 0.268 e. The summed E-state index contributed by atoms with van der Waals surface area (Å²) in [7, 11) is -3.84. The maximum atomic E-state index is 12.9. The molecule has 29 heavy (non-hydrogen) atoms. The lowest BCUT2D eigenvalue weighted by Gasteiger charge is -2.21. The monoisotopic (exact) mass is 581 g/mol. The molecule has 7 nitrogen and oxygen atoms in total. The van der Waals surface area contributed by atoms with Crippen LogP contribution < -0.4 is 5.43 Å². The Balaban J connectivity index is 1.72. The molecule has 2 aromatic carbocycles. The number of benzene rings is 2. The molecule has 1 amide bonds. The number of hydrogen-bond donors (Lipinski definition) is 2. The van der Waals surface area contributed by atoms with E-state index in [1.165, 1.54) is 42.2 Å². The van der Waals surface area contributed by atoms with E-state index in [4.69, 9.17) is 11.6 Å². The number of halogens is 3. The van der Waals surface area contributed by atoms with Gasteiger partial charge in [-0.05, 0) is 73.8 Å². The van der Waals surface area contributed by atoms with Gasteiger partial charge >= 0.3 is 0 Å². The lowest BCUT2D eigenvalue weighted by molar-refractivity contribution is -0.122. The van der Waals surface area contributed by atoms with Crippen LogP contribution in [0.4, 0.5) is 0 Å². The van der Waals surface area contributed by atoms with Crippen molar-refractivity contribution >= 4 is 77.4 Å². The number of carbonyl (C=O) groups is 1. The molecule has 1 unspecified atom stereocenters. The van der Waals surface area contributed by atoms with Crippen LogP contribution in [0.5, 0.6) is 5.75 Å². The number of thioether (sulfide) groups is 1. The molecule has 0 aromatic heterocycles. The van der Waals surface area contributed by atoms with Crippen LogP contribution in [-0.2, 0) is 14.8 Å². The fraction of sp³-hybridized carbons (Fsp3) is 0.176. The molecule has 0 aliphatic carbocycles. The molecule has 1 fully saturated rings. The van der Waals surface area contributed by atoms with Crippen molar-refractivity contribution in [2.24, 2.45) is 5.10 Å². The maximum Gasteiger partial charge on any atom is 0.268 e. The van der Waals surface area contributed by atoms with Crippen molar-refractivity contribution in [3.8, 4) is 5.75 Å². The minimum Gasteiger partial charge on any atom is -0.506 e. The Bertz CT molecular complexity index is 1040. The van der Waals surface area contributed by atoms with Gasteiger partial charge in [-0.2, -0.15) is 9.41 Å². The first-order valence-electron chi connectivity index (χ1n) is 8.10. The predicted octanol–water partition coefficient (Wildman–Crippen LogP) is 3.78. The molecule has 1 aliphatic rings. The summed E-state index contributed by atoms with van der Waals surface area (Å²) < 4.78 is 27.8. The Morgan fingerprint density at radius 1 is 1.28 bits per heavy atom. The molecule has 1 atom stereocenters. The van der Waals surface area contributed by atoms with Crippen LogP contribution in [0.2, 0.25) is 5.02 Å². The number of aromatic hydroxyl groups is 1. The summed E-state index contributed by atoms with van der Waals surface area (Å²) in [5, 5.41) is 13.1. The second kappa shape index (κ2) is 9.36. The fourth-order valence-electron chi connectivity index (χ4n) is 2.53. The second-order valence-corrected chi connectivity index (χ2v) is 11.1. The van der Waals surface area contributed by atoms with Crippen LogP contribution in [0.3, 0.4) is 0 Å². The van der Waals surface area contributed by atoms with Crippen molar-refractivity contribution in [3.05, 3.63) is 55.9 Å². The average molecular weight is 584 g/mol. The van der Waals surface area contributed by atoms with Crippen molar-refractivity contribution in [1.82, 2.24) is 9.73 Å². The number of phenols is 1. The standard InChI is InChI=1S/C17H14Br2ClN3O4S2/c18-13-7-10(8-14(19)15(13)24)9-21-22-16(25)17-23(5-6-28-17)29(26,27)12-3-1-11(20)2-4-12/h1-4,7-9,17,24H,5-6H2,(H,22,25)/b21-9+. The summed E-state index contributed by atoms with van der Waals surface area (Å²) in [5.74, 6) is 0.00160. The zero-order valence-electron chi connectivity index (χ0n) is 14.5. The first kappa shape index (κ1) is 22.6. The van der Waals surface area contributed by atoms with Gasteiger partial charge in [0.15, 0.2) is 5.37 Å². The number of phenolic OH excluding ortho intramolecular Hbond substituents is 1. The molecule has 0 saturated carbocycles. The third-order valence-electron chi connectivity index (χ3n) is 3.92. The first-order chi connectivity index (χ1) is 13.7. The predicted molar refractivity (Wildman–Crippen MR) is 121 cm³/mol. The number of nitrogens with zero attached hydrogens (tertiary/aromatic N) is 2. The van der Waals surface area contributed by atoms with E-state index in [1.54, 1.807) is 12.1 Å². The first-order valence-corrected chi connectivity index (χ1v) is 12.6. The van der Waals surface area contributed by atoms with Crippen molar-refractivity contribution in [2.45, 2.75) is 10.3 Å². The van der Waals surface area contributed by atoms with Gasteiger partial charge in [-0.25, -0.2) is 13.8 Å². The average Bonchev–Trinajstić information content (AvgIpc) is 3.17. The largest absolute Gasteiger partial charge is 0.506 e. The summed E-state index contributed by atoms with van der Waals surface area (Å²) in [6.45, 7) is 0.218. The van der Waals surface area contributed by atoms with E-state index in [0.717, 1.165) is 4.31 Å². The van der Waals surface area contributed by atoms with Crippen LogP contribution in [0.25, 0.3) is 0 Å². The minimum absolute atomic E-state index is 0.0524. The number of nitrogens with one attached hydrogen (secondary N) is 1. The van der Waals surface area contributed by atoms with Gasteiger partial charge in [0.2, 0.25) is 10.0 Å². The van der Waals surface area contributed by atoms with Gasteiger partial charge < -0.3 is 5.11 Å². The third-order valence-corrected chi connectivity index (χ3v) is 8.60. The molecule has 1 saturated heterocycles. The Morgan fingerprint density at radius 3 is 2.52 bits per heavy atom. The lowest BCUT2D eigenvalue weighted by Crippen LogP contribution is -2.43. The molecule has 2 N–H and O–H groups in total. The van der Waals surface area contributed by atoms with E-state index in [0.29, 0.717) is 25.3 Å². The van der Waals surface area contributed by atoms with Gasteiger partial charge in [-0.15, -0.1) is 11.8 Å². The Kier molecular flexibility index (Phi) is 7.28. The fourth-order valence-corrected chi connectivity index (χ4v) is 6.95. The Morgan fingerprint density at radius 2 is 1.90 bits per heavy atom. The van der Waals surface area contributed by atoms with Crippen LogP contribution >= 0.6 is 55.2 Å². The molecule has 1 aliphatic heterocycles. The quantitative estimate of drug-likeness (QED) is 0.413. The highest BCUT2D eigenvalue weighted by atomic mass is 79.9. The number of hydrazone groups is 1. The van der Waals surface area contributed by atoms with Crippen molar-refractivity contribution in [1.29, 1.82) is 0 Å². The molecule has 3 rings (SSSR count). The highest BCUT2D eigenvalue weighted by molar-refractivity contribution is 9.11. The van der Waals surface area contributed by atoms with E-state index in [-0.39, 0.29) is 17.2 Å². The van der Waals surface area contributed by atoms with Crippen molar-refractivity contribution in [2.75, 3.05) is 12.3 Å². The zero-order valence-corrected chi connectivity index (χ0v) is 20.1. The number of carbonyl (C=O) groups excluding carboxylic acids is 1. The Labute approximate surface area is 193 Å². The minimum atomic E-state index is -3.84. The van der Waals surface area contributed by atoms with Crippen LogP contribution in [0, 0.1) is 0 Å². The highest BCUT2D eigenvalue weighted by Crippen LogP contribution is 2.33. The van der Waals surface area contributed by atoms with Crippen LogP contribution in [0.1, 0.15) is 5.56 Å². The third kappa shape index (κ3) is 5.15. The normalized spacial score (nSPS) is 17.7. The van der Waals surface area contributed by atoms with E-state index < -0.39 is 21.3 Å². The highest BCUT2D eigenvalue weighted by Gasteiger charge is 2.40. The molecule has 0 radical (unpaired) electrons. The molecule has 0 bridgehead atoms. The topological polar surface area (TPSA) is 99.1 Å². The van der Waals surface area contributed by atoms with Gasteiger partial charge in [-0.3, -0.25) is 4.79 Å². The summed E-state index contributed by atoms with van der Waals surface area (Å²) in [5.41, 5.74) is 3.00. The van der Waals surface area contributed by atoms with Crippen LogP contribution in [-0.4, -0.2) is 47.6 Å². The van der Waals surface area contributed by atoms with Gasteiger partial charge in [0.1, 0.15) is 5.75 Å². The van der Waals surface area contributed by atoms with E-state index in [9.17, 15) is 18.3 Å². The SMILES string of the molecule is O=C(N/N=C/c1cc(Br)c(O)c(Br)c1)C1SCCN1S(=O)(=O)c1ccc(Cl)cc1. The number of rotatable bonds is 5. The molecule has 0 spiro atoms. The molecule has 1 heterocycles. The van der Waals surface area contributed by atoms with Crippen molar-refractivity contribution in [3.63, 3.8) is 0 Å². The van der Waals surface area contributed by atoms with E-state index in [2.05, 4.69) is 42.4 Å². The summed E-state index contributed by atoms with van der Waals surface area (Å²) in [6.07, 6.45) is 1.39.